The molecule has 0 spiro atoms. The maximum atomic E-state index is 12.5. The van der Waals surface area contributed by atoms with Gasteiger partial charge in [-0.25, -0.2) is 8.42 Å². The Morgan fingerprint density at radius 2 is 1.71 bits per heavy atom. The van der Waals surface area contributed by atoms with Crippen LogP contribution in [0, 0.1) is 5.92 Å². The molecule has 1 N–H and O–H groups in total. The van der Waals surface area contributed by atoms with E-state index in [0.717, 1.165) is 0 Å². The second-order valence-electron chi connectivity index (χ2n) is 7.01. The first-order chi connectivity index (χ1) is 10.9. The first-order valence-corrected chi connectivity index (χ1v) is 9.32. The van der Waals surface area contributed by atoms with Crippen LogP contribution in [0.15, 0.2) is 29.2 Å². The van der Waals surface area contributed by atoms with Gasteiger partial charge in [-0.2, -0.15) is 4.72 Å². The van der Waals surface area contributed by atoms with Crippen LogP contribution in [0.25, 0.3) is 0 Å². The molecule has 1 aromatic carbocycles. The molecule has 136 valence electrons. The van der Waals surface area contributed by atoms with Crippen LogP contribution in [0.5, 0.6) is 5.75 Å². The van der Waals surface area contributed by atoms with E-state index < -0.39 is 27.6 Å². The van der Waals surface area contributed by atoms with Gasteiger partial charge < -0.3 is 9.47 Å². The Morgan fingerprint density at radius 3 is 2.12 bits per heavy atom. The second kappa shape index (κ2) is 7.98. The van der Waals surface area contributed by atoms with Crippen LogP contribution < -0.4 is 9.46 Å². The van der Waals surface area contributed by atoms with Crippen molar-refractivity contribution in [1.82, 2.24) is 4.72 Å². The zero-order chi connectivity index (χ0) is 18.5. The zero-order valence-electron chi connectivity index (χ0n) is 15.1. The van der Waals surface area contributed by atoms with E-state index in [-0.39, 0.29) is 10.8 Å². The first kappa shape index (κ1) is 20.4. The highest BCUT2D eigenvalue weighted by atomic mass is 32.2. The fourth-order valence-corrected chi connectivity index (χ4v) is 3.24. The smallest absolute Gasteiger partial charge is 0.324 e. The number of nitrogens with one attached hydrogen (secondary N) is 1. The Hall–Kier alpha value is -1.60. The second-order valence-corrected chi connectivity index (χ2v) is 8.73. The molecule has 0 saturated carbocycles. The Morgan fingerprint density at radius 1 is 1.17 bits per heavy atom. The molecule has 0 fully saturated rings. The number of sulfonamides is 1. The highest BCUT2D eigenvalue weighted by Gasteiger charge is 2.30. The number of carbonyl (C=O) groups excluding carboxylic acids is 1. The molecule has 1 rings (SSSR count). The summed E-state index contributed by atoms with van der Waals surface area (Å²) in [6.07, 6.45) is 0.351. The van der Waals surface area contributed by atoms with Crippen molar-refractivity contribution in [2.45, 2.75) is 57.6 Å². The summed E-state index contributed by atoms with van der Waals surface area (Å²) in [7, 11) is -2.33. The Balaban J connectivity index is 3.00. The highest BCUT2D eigenvalue weighted by Crippen LogP contribution is 2.18. The minimum absolute atomic E-state index is 0.0700. The summed E-state index contributed by atoms with van der Waals surface area (Å²) < 4.78 is 37.9. The molecular weight excluding hydrogens is 330 g/mol. The average molecular weight is 357 g/mol. The zero-order valence-corrected chi connectivity index (χ0v) is 15.9. The standard InChI is InChI=1S/C17H27NO5S/c1-12(2)11-15(16(19)23-17(3,4)5)18-24(20,21)14-9-7-13(22-6)8-10-14/h7-10,12,15,18H,11H2,1-6H3. The molecule has 0 saturated heterocycles. The van der Waals surface area contributed by atoms with Gasteiger partial charge in [0.05, 0.1) is 12.0 Å². The fourth-order valence-electron chi connectivity index (χ4n) is 2.05. The Bertz CT molecular complexity index is 645. The normalized spacial score (nSPS) is 13.6. The molecule has 0 aliphatic carbocycles. The van der Waals surface area contributed by atoms with Crippen molar-refractivity contribution in [1.29, 1.82) is 0 Å². The van der Waals surface area contributed by atoms with Crippen LogP contribution in [-0.2, 0) is 19.6 Å². The maximum absolute atomic E-state index is 12.5. The van der Waals surface area contributed by atoms with Gasteiger partial charge in [0.1, 0.15) is 17.4 Å². The predicted octanol–water partition coefficient (Wildman–Crippen LogP) is 2.73. The lowest BCUT2D eigenvalue weighted by atomic mass is 10.0. The predicted molar refractivity (Wildman–Crippen MR) is 92.4 cm³/mol. The molecule has 0 radical (unpaired) electrons. The van der Waals surface area contributed by atoms with Crippen molar-refractivity contribution in [2.75, 3.05) is 7.11 Å². The average Bonchev–Trinajstić information content (AvgIpc) is 2.44. The quantitative estimate of drug-likeness (QED) is 0.759. The summed E-state index contributed by atoms with van der Waals surface area (Å²) in [6, 6.07) is 5.04. The first-order valence-electron chi connectivity index (χ1n) is 7.84. The van der Waals surface area contributed by atoms with Crippen molar-refractivity contribution in [3.63, 3.8) is 0 Å². The SMILES string of the molecule is COc1ccc(S(=O)(=O)NC(CC(C)C)C(=O)OC(C)(C)C)cc1. The topological polar surface area (TPSA) is 81.7 Å². The molecule has 1 atom stereocenters. The Labute approximate surface area is 144 Å². The number of benzene rings is 1. The van der Waals surface area contributed by atoms with Gasteiger partial charge in [0, 0.05) is 0 Å². The van der Waals surface area contributed by atoms with E-state index in [2.05, 4.69) is 4.72 Å². The van der Waals surface area contributed by atoms with E-state index in [1.54, 1.807) is 32.9 Å². The summed E-state index contributed by atoms with van der Waals surface area (Å²) in [4.78, 5) is 12.4. The van der Waals surface area contributed by atoms with E-state index in [0.29, 0.717) is 12.2 Å². The van der Waals surface area contributed by atoms with Crippen molar-refractivity contribution < 1.29 is 22.7 Å². The van der Waals surface area contributed by atoms with E-state index in [4.69, 9.17) is 9.47 Å². The molecule has 0 aliphatic heterocycles. The number of rotatable bonds is 7. The lowest BCUT2D eigenvalue weighted by Gasteiger charge is -2.25. The van der Waals surface area contributed by atoms with Crippen molar-refractivity contribution >= 4 is 16.0 Å². The highest BCUT2D eigenvalue weighted by molar-refractivity contribution is 7.89. The number of carbonyl (C=O) groups is 1. The molecule has 1 unspecified atom stereocenters. The molecule has 0 amide bonds. The van der Waals surface area contributed by atoms with Crippen LogP contribution in [0.3, 0.4) is 0 Å². The van der Waals surface area contributed by atoms with E-state index in [1.165, 1.54) is 19.2 Å². The number of hydrogen-bond donors (Lipinski definition) is 1. The van der Waals surface area contributed by atoms with Gasteiger partial charge in [-0.15, -0.1) is 0 Å². The lowest BCUT2D eigenvalue weighted by molar-refractivity contribution is -0.157. The summed E-state index contributed by atoms with van der Waals surface area (Å²) in [6.45, 7) is 9.07. The molecule has 0 heterocycles. The number of hydrogen-bond acceptors (Lipinski definition) is 5. The molecule has 0 aliphatic rings. The summed E-state index contributed by atoms with van der Waals surface area (Å²) in [5.41, 5.74) is -0.683. The molecule has 24 heavy (non-hydrogen) atoms. The third-order valence-corrected chi connectivity index (χ3v) is 4.55. The minimum atomic E-state index is -3.84. The Kier molecular flexibility index (Phi) is 6.80. The molecule has 0 aromatic heterocycles. The van der Waals surface area contributed by atoms with Crippen LogP contribution in [0.4, 0.5) is 0 Å². The molecule has 0 bridgehead atoms. The fraction of sp³-hybridized carbons (Fsp3) is 0.588. The van der Waals surface area contributed by atoms with Gasteiger partial charge in [-0.1, -0.05) is 13.8 Å². The number of esters is 1. The third-order valence-electron chi connectivity index (χ3n) is 3.07. The van der Waals surface area contributed by atoms with E-state index in [9.17, 15) is 13.2 Å². The van der Waals surface area contributed by atoms with Gasteiger partial charge in [-0.3, -0.25) is 4.79 Å². The van der Waals surface area contributed by atoms with Gasteiger partial charge >= 0.3 is 5.97 Å². The van der Waals surface area contributed by atoms with Crippen molar-refractivity contribution in [3.8, 4) is 5.75 Å². The van der Waals surface area contributed by atoms with Crippen molar-refractivity contribution in [3.05, 3.63) is 24.3 Å². The van der Waals surface area contributed by atoms with Crippen LogP contribution in [0.2, 0.25) is 0 Å². The van der Waals surface area contributed by atoms with Crippen LogP contribution >= 0.6 is 0 Å². The molecule has 6 nitrogen and oxygen atoms in total. The summed E-state index contributed by atoms with van der Waals surface area (Å²) in [5, 5.41) is 0. The largest absolute Gasteiger partial charge is 0.497 e. The molecule has 7 heteroatoms. The van der Waals surface area contributed by atoms with Crippen LogP contribution in [0.1, 0.15) is 41.0 Å². The van der Waals surface area contributed by atoms with Crippen molar-refractivity contribution in [2.24, 2.45) is 5.92 Å². The number of methoxy groups -OCH3 is 1. The number of ether oxygens (including phenoxy) is 2. The van der Waals surface area contributed by atoms with E-state index >= 15 is 0 Å². The lowest BCUT2D eigenvalue weighted by Crippen LogP contribution is -2.44. The monoisotopic (exact) mass is 357 g/mol. The van der Waals surface area contributed by atoms with Crippen LogP contribution in [-0.4, -0.2) is 33.1 Å². The van der Waals surface area contributed by atoms with Gasteiger partial charge in [0.15, 0.2) is 0 Å². The molecule has 1 aromatic rings. The van der Waals surface area contributed by atoms with Gasteiger partial charge in [-0.05, 0) is 57.4 Å². The van der Waals surface area contributed by atoms with Gasteiger partial charge in [0.25, 0.3) is 0 Å². The summed E-state index contributed by atoms with van der Waals surface area (Å²) >= 11 is 0. The molecular formula is C17H27NO5S. The van der Waals surface area contributed by atoms with Gasteiger partial charge in [0.2, 0.25) is 10.0 Å². The summed E-state index contributed by atoms with van der Waals surface area (Å²) in [5.74, 6) is 0.106. The third kappa shape index (κ3) is 6.49. The minimum Gasteiger partial charge on any atom is -0.497 e. The maximum Gasteiger partial charge on any atom is 0.324 e. The van der Waals surface area contributed by atoms with E-state index in [1.807, 2.05) is 13.8 Å².